The predicted molar refractivity (Wildman–Crippen MR) is 86.5 cm³/mol. The molecule has 1 aliphatic carbocycles. The minimum atomic E-state index is -0.445. The molecule has 1 amide bonds. The highest BCUT2D eigenvalue weighted by atomic mass is 32.2. The van der Waals surface area contributed by atoms with E-state index < -0.39 is 4.92 Å². The first kappa shape index (κ1) is 13.8. The molecule has 0 saturated carbocycles. The number of carbonyl (C=O) groups is 1. The van der Waals surface area contributed by atoms with Gasteiger partial charge in [0.25, 0.3) is 5.91 Å². The van der Waals surface area contributed by atoms with Crippen LogP contribution in [0.15, 0.2) is 32.6 Å². The van der Waals surface area contributed by atoms with E-state index in [9.17, 15) is 14.9 Å². The number of aliphatic imine (C=N–C) groups is 2. The molecule has 6 nitrogen and oxygen atoms in total. The lowest BCUT2D eigenvalue weighted by Gasteiger charge is -2.17. The quantitative estimate of drug-likeness (QED) is 0.612. The van der Waals surface area contributed by atoms with Gasteiger partial charge in [-0.2, -0.15) is 4.99 Å². The van der Waals surface area contributed by atoms with Gasteiger partial charge >= 0.3 is 5.00 Å². The van der Waals surface area contributed by atoms with E-state index in [1.54, 1.807) is 17.8 Å². The number of rotatable bonds is 2. The summed E-state index contributed by atoms with van der Waals surface area (Å²) in [4.78, 5) is 33.2. The fraction of sp³-hybridized carbons (Fsp3) is 0.357. The van der Waals surface area contributed by atoms with Gasteiger partial charge in [0.2, 0.25) is 0 Å². The summed E-state index contributed by atoms with van der Waals surface area (Å²) in [7, 11) is 0. The number of allylic oxidation sites excluding steroid dienone is 1. The average molecular weight is 333 g/mol. The Hall–Kier alpha value is -1.80. The Kier molecular flexibility index (Phi) is 3.23. The number of hydrogen-bond donors (Lipinski definition) is 0. The van der Waals surface area contributed by atoms with Crippen LogP contribution in [0, 0.1) is 16.0 Å². The van der Waals surface area contributed by atoms with Crippen LogP contribution in [-0.4, -0.2) is 21.7 Å². The molecule has 0 aromatic carbocycles. The highest BCUT2D eigenvalue weighted by Gasteiger charge is 2.40. The summed E-state index contributed by atoms with van der Waals surface area (Å²) < 4.78 is 0. The second-order valence-electron chi connectivity index (χ2n) is 5.31. The minimum absolute atomic E-state index is 0.0315. The first-order chi connectivity index (χ1) is 10.6. The van der Waals surface area contributed by atoms with Crippen molar-refractivity contribution in [3.63, 3.8) is 0 Å². The molecule has 3 heterocycles. The topological polar surface area (TPSA) is 84.9 Å². The smallest absolute Gasteiger partial charge is 0.271 e. The van der Waals surface area contributed by atoms with Crippen molar-refractivity contribution in [2.24, 2.45) is 15.9 Å². The number of amidine groups is 1. The van der Waals surface area contributed by atoms with Gasteiger partial charge in [0.15, 0.2) is 5.84 Å². The van der Waals surface area contributed by atoms with Crippen molar-refractivity contribution < 1.29 is 9.72 Å². The summed E-state index contributed by atoms with van der Waals surface area (Å²) in [6.45, 7) is 0. The molecule has 0 saturated heterocycles. The lowest BCUT2D eigenvalue weighted by Crippen LogP contribution is -2.25. The van der Waals surface area contributed by atoms with Gasteiger partial charge in [-0.1, -0.05) is 23.1 Å². The zero-order valence-electron chi connectivity index (χ0n) is 11.4. The first-order valence-corrected chi connectivity index (χ1v) is 8.62. The molecule has 3 aliphatic rings. The minimum Gasteiger partial charge on any atom is -0.271 e. The van der Waals surface area contributed by atoms with Gasteiger partial charge in [0, 0.05) is 6.07 Å². The molecule has 0 spiro atoms. The number of nitrogens with zero attached hydrogens (tertiary/aromatic N) is 3. The summed E-state index contributed by atoms with van der Waals surface area (Å²) in [5, 5.41) is 11.6. The molecule has 2 aliphatic heterocycles. The second-order valence-corrected chi connectivity index (χ2v) is 7.49. The zero-order chi connectivity index (χ0) is 15.3. The van der Waals surface area contributed by atoms with Gasteiger partial charge < -0.3 is 0 Å². The largest absolute Gasteiger partial charge is 0.324 e. The zero-order valence-corrected chi connectivity index (χ0v) is 13.1. The van der Waals surface area contributed by atoms with Crippen molar-refractivity contribution >= 4 is 44.9 Å². The van der Waals surface area contributed by atoms with Gasteiger partial charge in [-0.05, 0) is 42.2 Å². The Morgan fingerprint density at radius 2 is 2.05 bits per heavy atom. The third kappa shape index (κ3) is 2.14. The Bertz CT molecular complexity index is 791. The van der Waals surface area contributed by atoms with Crippen molar-refractivity contribution in [3.05, 3.63) is 37.6 Å². The SMILES string of the molecule is O=C1N=C(c2ccc([N+](=O)[O-])s2)N=C2SC3=C(CCCC3)C12. The van der Waals surface area contributed by atoms with E-state index in [-0.39, 0.29) is 16.8 Å². The maximum absolute atomic E-state index is 12.4. The fourth-order valence-corrected chi connectivity index (χ4v) is 5.05. The highest BCUT2D eigenvalue weighted by Crippen LogP contribution is 2.47. The average Bonchev–Trinajstić information content (AvgIpc) is 3.11. The molecule has 1 aromatic rings. The lowest BCUT2D eigenvalue weighted by atomic mass is 9.89. The van der Waals surface area contributed by atoms with E-state index in [1.165, 1.54) is 16.5 Å². The van der Waals surface area contributed by atoms with Crippen molar-refractivity contribution in [2.45, 2.75) is 25.7 Å². The van der Waals surface area contributed by atoms with Crippen LogP contribution in [0.3, 0.4) is 0 Å². The van der Waals surface area contributed by atoms with Crippen LogP contribution >= 0.6 is 23.1 Å². The molecule has 8 heteroatoms. The molecule has 4 rings (SSSR count). The van der Waals surface area contributed by atoms with Gasteiger partial charge in [0.05, 0.1) is 14.8 Å². The second kappa shape index (κ2) is 5.13. The summed E-state index contributed by atoms with van der Waals surface area (Å²) in [6, 6.07) is 3.02. The Labute approximate surface area is 134 Å². The molecule has 0 N–H and O–H groups in total. The Morgan fingerprint density at radius 1 is 1.23 bits per heavy atom. The number of fused-ring (bicyclic) bond motifs is 2. The Morgan fingerprint density at radius 3 is 2.82 bits per heavy atom. The van der Waals surface area contributed by atoms with Gasteiger partial charge in [-0.3, -0.25) is 14.9 Å². The molecule has 22 heavy (non-hydrogen) atoms. The Balaban J connectivity index is 1.68. The van der Waals surface area contributed by atoms with Crippen LogP contribution < -0.4 is 0 Å². The van der Waals surface area contributed by atoms with E-state index >= 15 is 0 Å². The van der Waals surface area contributed by atoms with E-state index in [0.29, 0.717) is 10.7 Å². The van der Waals surface area contributed by atoms with E-state index in [2.05, 4.69) is 9.98 Å². The van der Waals surface area contributed by atoms with Crippen molar-refractivity contribution in [1.29, 1.82) is 0 Å². The predicted octanol–water partition coefficient (Wildman–Crippen LogP) is 3.53. The van der Waals surface area contributed by atoms with Gasteiger partial charge in [-0.15, -0.1) is 0 Å². The molecular weight excluding hydrogens is 322 g/mol. The molecular formula is C14H11N3O3S2. The lowest BCUT2D eigenvalue weighted by molar-refractivity contribution is -0.380. The van der Waals surface area contributed by atoms with Crippen LogP contribution in [0.2, 0.25) is 0 Å². The highest BCUT2D eigenvalue weighted by molar-refractivity contribution is 8.17. The van der Waals surface area contributed by atoms with E-state index in [0.717, 1.165) is 42.1 Å². The van der Waals surface area contributed by atoms with Crippen molar-refractivity contribution in [3.8, 4) is 0 Å². The van der Waals surface area contributed by atoms with Crippen LogP contribution in [0.5, 0.6) is 0 Å². The maximum Gasteiger partial charge on any atom is 0.324 e. The van der Waals surface area contributed by atoms with E-state index in [4.69, 9.17) is 0 Å². The molecule has 1 aromatic heterocycles. The number of thiophene rings is 1. The molecule has 1 atom stereocenters. The standard InChI is InChI=1S/C14H11N3O3S2/c18-13-11-7-3-1-2-4-8(7)22-14(11)16-12(15-13)9-5-6-10(21-9)17(19)20/h5-6,11H,1-4H2. The number of carbonyl (C=O) groups excluding carboxylic acids is 1. The molecule has 0 bridgehead atoms. The molecule has 0 radical (unpaired) electrons. The van der Waals surface area contributed by atoms with Crippen LogP contribution in [0.1, 0.15) is 30.6 Å². The van der Waals surface area contributed by atoms with Crippen molar-refractivity contribution in [1.82, 2.24) is 0 Å². The third-order valence-corrected chi connectivity index (χ3v) is 6.23. The van der Waals surface area contributed by atoms with Gasteiger partial charge in [0.1, 0.15) is 5.92 Å². The van der Waals surface area contributed by atoms with Crippen LogP contribution in [0.25, 0.3) is 0 Å². The molecule has 112 valence electrons. The van der Waals surface area contributed by atoms with Crippen molar-refractivity contribution in [2.75, 3.05) is 0 Å². The summed E-state index contributed by atoms with van der Waals surface area (Å²) in [5.41, 5.74) is 1.19. The summed E-state index contributed by atoms with van der Waals surface area (Å²) >= 11 is 2.59. The third-order valence-electron chi connectivity index (χ3n) is 3.95. The molecule has 1 unspecified atom stereocenters. The van der Waals surface area contributed by atoms with Gasteiger partial charge in [-0.25, -0.2) is 4.99 Å². The van der Waals surface area contributed by atoms with Crippen LogP contribution in [0.4, 0.5) is 5.00 Å². The maximum atomic E-state index is 12.4. The molecule has 0 fully saturated rings. The number of thioether (sulfide) groups is 1. The monoisotopic (exact) mass is 333 g/mol. The number of amides is 1. The number of nitro groups is 1. The fourth-order valence-electron chi connectivity index (χ4n) is 2.95. The summed E-state index contributed by atoms with van der Waals surface area (Å²) in [6.07, 6.45) is 4.24. The van der Waals surface area contributed by atoms with E-state index in [1.807, 2.05) is 0 Å². The summed E-state index contributed by atoms with van der Waals surface area (Å²) in [5.74, 6) is -0.170. The normalized spacial score (nSPS) is 23.8. The number of hydrogen-bond acceptors (Lipinski definition) is 6. The first-order valence-electron chi connectivity index (χ1n) is 6.99. The van der Waals surface area contributed by atoms with Crippen LogP contribution in [-0.2, 0) is 4.79 Å².